The first-order valence-electron chi connectivity index (χ1n) is 11.3. The third-order valence-electron chi connectivity index (χ3n) is 6.00. The molecular weight excluding hydrogens is 486 g/mol. The number of nitrogens with one attached hydrogen (secondary N) is 1. The van der Waals surface area contributed by atoms with Crippen molar-refractivity contribution in [2.45, 2.75) is 31.7 Å². The fourth-order valence-electron chi connectivity index (χ4n) is 4.16. The van der Waals surface area contributed by atoms with Crippen LogP contribution in [0.25, 0.3) is 0 Å². The third-order valence-corrected chi connectivity index (χ3v) is 6.00. The number of rotatable bonds is 9. The highest BCUT2D eigenvalue weighted by molar-refractivity contribution is 5.88. The molecule has 1 unspecified atom stereocenters. The molecule has 1 aliphatic rings. The van der Waals surface area contributed by atoms with Crippen molar-refractivity contribution in [3.63, 3.8) is 0 Å². The van der Waals surface area contributed by atoms with Gasteiger partial charge in [0.05, 0.1) is 11.6 Å². The summed E-state index contributed by atoms with van der Waals surface area (Å²) in [6.07, 6.45) is -5.80. The molecule has 0 bridgehead atoms. The van der Waals surface area contributed by atoms with E-state index in [1.165, 1.54) is 40.7 Å². The van der Waals surface area contributed by atoms with E-state index in [1.54, 1.807) is 23.1 Å². The minimum absolute atomic E-state index is 0.0851. The van der Waals surface area contributed by atoms with Crippen molar-refractivity contribution < 1.29 is 42.2 Å². The highest BCUT2D eigenvalue weighted by Gasteiger charge is 2.36. The summed E-state index contributed by atoms with van der Waals surface area (Å²) >= 11 is 0. The van der Waals surface area contributed by atoms with Crippen LogP contribution in [0.1, 0.15) is 18.4 Å². The fourth-order valence-corrected chi connectivity index (χ4v) is 4.16. The number of alkyl halides is 3. The predicted octanol–water partition coefficient (Wildman–Crippen LogP) is 2.88. The number of halogens is 4. The quantitative estimate of drug-likeness (QED) is 0.271. The number of hydrogen-bond donors (Lipinski definition) is 3. The van der Waals surface area contributed by atoms with Gasteiger partial charge in [0.15, 0.2) is 0 Å². The van der Waals surface area contributed by atoms with Gasteiger partial charge >= 0.3 is 6.36 Å². The highest BCUT2D eigenvalue weighted by Crippen LogP contribution is 2.25. The molecule has 1 aliphatic heterocycles. The minimum Gasteiger partial charge on any atom is -0.406 e. The molecule has 3 rings (SSSR count). The molecule has 36 heavy (non-hydrogen) atoms. The van der Waals surface area contributed by atoms with Crippen LogP contribution in [-0.4, -0.2) is 65.7 Å². The van der Waals surface area contributed by atoms with E-state index in [0.29, 0.717) is 37.2 Å². The van der Waals surface area contributed by atoms with Gasteiger partial charge in [0.2, 0.25) is 5.91 Å². The number of aliphatic hydroxyl groups is 1. The number of ether oxygens (including phenoxy) is 1. The van der Waals surface area contributed by atoms with Crippen molar-refractivity contribution in [1.82, 2.24) is 10.4 Å². The maximum absolute atomic E-state index is 14.1. The van der Waals surface area contributed by atoms with Gasteiger partial charge in [0.25, 0.3) is 5.91 Å². The molecule has 2 atom stereocenters. The van der Waals surface area contributed by atoms with E-state index in [-0.39, 0.29) is 31.1 Å². The Labute approximate surface area is 205 Å². The van der Waals surface area contributed by atoms with Gasteiger partial charge in [-0.1, -0.05) is 24.3 Å². The van der Waals surface area contributed by atoms with Crippen LogP contribution in [0.5, 0.6) is 5.75 Å². The summed E-state index contributed by atoms with van der Waals surface area (Å²) in [7, 11) is 0. The van der Waals surface area contributed by atoms with Crippen LogP contribution in [0.4, 0.5) is 23.2 Å². The molecule has 2 amide bonds. The number of piperazine rings is 1. The van der Waals surface area contributed by atoms with Gasteiger partial charge in [-0.3, -0.25) is 14.8 Å². The SMILES string of the molecule is O=C(NO)[C@@H](O)C(CCCc1ccc(OC(F)(F)F)cc1)C(=O)N1CCN(c2ccccc2F)CC1. The molecule has 0 saturated carbocycles. The summed E-state index contributed by atoms with van der Waals surface area (Å²) in [5.41, 5.74) is 2.46. The number of carbonyl (C=O) groups is 2. The van der Waals surface area contributed by atoms with Gasteiger partial charge in [-0.15, -0.1) is 13.2 Å². The summed E-state index contributed by atoms with van der Waals surface area (Å²) in [4.78, 5) is 28.3. The molecule has 2 aromatic rings. The maximum Gasteiger partial charge on any atom is 0.573 e. The van der Waals surface area contributed by atoms with Crippen molar-refractivity contribution in [3.05, 3.63) is 59.9 Å². The summed E-state index contributed by atoms with van der Waals surface area (Å²) in [5.74, 6) is -3.47. The van der Waals surface area contributed by atoms with Gasteiger partial charge in [-0.25, -0.2) is 9.87 Å². The Balaban J connectivity index is 1.60. The number of hydroxylamine groups is 1. The van der Waals surface area contributed by atoms with Gasteiger partial charge in [0, 0.05) is 26.2 Å². The topological polar surface area (TPSA) is 102 Å². The van der Waals surface area contributed by atoms with E-state index < -0.39 is 30.2 Å². The first kappa shape index (κ1) is 27.2. The predicted molar refractivity (Wildman–Crippen MR) is 121 cm³/mol. The number of anilines is 1. The molecular formula is C24H27F4N3O5. The number of nitrogens with zero attached hydrogens (tertiary/aromatic N) is 2. The van der Waals surface area contributed by atoms with Gasteiger partial charge in [-0.05, 0) is 49.1 Å². The van der Waals surface area contributed by atoms with Crippen LogP contribution in [0.15, 0.2) is 48.5 Å². The second kappa shape index (κ2) is 12.0. The van der Waals surface area contributed by atoms with Crippen LogP contribution in [0.3, 0.4) is 0 Å². The molecule has 1 heterocycles. The molecule has 1 fully saturated rings. The van der Waals surface area contributed by atoms with Crippen LogP contribution >= 0.6 is 0 Å². The highest BCUT2D eigenvalue weighted by atomic mass is 19.4. The largest absolute Gasteiger partial charge is 0.573 e. The molecule has 0 spiro atoms. The molecule has 0 aliphatic carbocycles. The number of aliphatic hydroxyl groups excluding tert-OH is 1. The molecule has 8 nitrogen and oxygen atoms in total. The number of aryl methyl sites for hydroxylation is 1. The van der Waals surface area contributed by atoms with Crippen LogP contribution in [-0.2, 0) is 16.0 Å². The number of benzene rings is 2. The molecule has 196 valence electrons. The summed E-state index contributed by atoms with van der Waals surface area (Å²) in [5, 5.41) is 19.3. The molecule has 0 radical (unpaired) electrons. The van der Waals surface area contributed by atoms with Crippen molar-refractivity contribution >= 4 is 17.5 Å². The first-order chi connectivity index (χ1) is 17.1. The lowest BCUT2D eigenvalue weighted by Gasteiger charge is -2.38. The fraction of sp³-hybridized carbons (Fsp3) is 0.417. The van der Waals surface area contributed by atoms with E-state index in [0.717, 1.165) is 0 Å². The van der Waals surface area contributed by atoms with E-state index >= 15 is 0 Å². The van der Waals surface area contributed by atoms with Crippen molar-refractivity contribution in [2.24, 2.45) is 5.92 Å². The average molecular weight is 513 g/mol. The summed E-state index contributed by atoms with van der Waals surface area (Å²) < 4.78 is 54.8. The molecule has 2 aromatic carbocycles. The van der Waals surface area contributed by atoms with Crippen molar-refractivity contribution in [3.8, 4) is 5.75 Å². The van der Waals surface area contributed by atoms with E-state index in [2.05, 4.69) is 4.74 Å². The monoisotopic (exact) mass is 513 g/mol. The number of amides is 2. The van der Waals surface area contributed by atoms with Gasteiger partial charge in [-0.2, -0.15) is 0 Å². The van der Waals surface area contributed by atoms with E-state index in [4.69, 9.17) is 5.21 Å². The van der Waals surface area contributed by atoms with Crippen molar-refractivity contribution in [1.29, 1.82) is 0 Å². The van der Waals surface area contributed by atoms with Gasteiger partial charge < -0.3 is 19.6 Å². The smallest absolute Gasteiger partial charge is 0.406 e. The molecule has 1 saturated heterocycles. The summed E-state index contributed by atoms with van der Waals surface area (Å²) in [6, 6.07) is 11.6. The Morgan fingerprint density at radius 2 is 1.67 bits per heavy atom. The lowest BCUT2D eigenvalue weighted by molar-refractivity contribution is -0.274. The Kier molecular flexibility index (Phi) is 9.10. The zero-order chi connectivity index (χ0) is 26.3. The Morgan fingerprint density at radius 1 is 1.03 bits per heavy atom. The van der Waals surface area contributed by atoms with Gasteiger partial charge in [0.1, 0.15) is 17.7 Å². The lowest BCUT2D eigenvalue weighted by atomic mass is 9.92. The van der Waals surface area contributed by atoms with Crippen LogP contribution in [0.2, 0.25) is 0 Å². The second-order valence-corrected chi connectivity index (χ2v) is 8.38. The zero-order valence-corrected chi connectivity index (χ0v) is 19.2. The number of hydrogen-bond acceptors (Lipinski definition) is 6. The second-order valence-electron chi connectivity index (χ2n) is 8.38. The van der Waals surface area contributed by atoms with E-state index in [1.807, 2.05) is 0 Å². The molecule has 12 heteroatoms. The maximum atomic E-state index is 14.1. The van der Waals surface area contributed by atoms with Crippen LogP contribution < -0.4 is 15.1 Å². The zero-order valence-electron chi connectivity index (χ0n) is 19.2. The molecule has 3 N–H and O–H groups in total. The Hall–Kier alpha value is -3.38. The number of carbonyl (C=O) groups excluding carboxylic acids is 2. The van der Waals surface area contributed by atoms with E-state index in [9.17, 15) is 32.3 Å². The van der Waals surface area contributed by atoms with Crippen LogP contribution in [0, 0.1) is 11.7 Å². The first-order valence-corrected chi connectivity index (χ1v) is 11.3. The Morgan fingerprint density at radius 3 is 2.25 bits per heavy atom. The van der Waals surface area contributed by atoms with Crippen molar-refractivity contribution in [2.75, 3.05) is 31.1 Å². The normalized spacial score (nSPS) is 15.8. The standard InChI is InChI=1S/C24H27F4N3O5/c25-19-6-1-2-7-20(19)30-12-14-31(15-13-30)23(34)18(21(32)22(33)29-35)5-3-4-16-8-10-17(11-9-16)36-24(26,27)28/h1-2,6-11,18,21,32,35H,3-5,12-15H2,(H,29,33)/t18?,21-/m0/s1. The molecule has 0 aromatic heterocycles. The average Bonchev–Trinajstić information content (AvgIpc) is 2.86. The Bertz CT molecular complexity index is 1030. The minimum atomic E-state index is -4.79. The third kappa shape index (κ3) is 7.31. The lowest BCUT2D eigenvalue weighted by Crippen LogP contribution is -2.53. The summed E-state index contributed by atoms with van der Waals surface area (Å²) in [6.45, 7) is 1.21. The number of para-hydroxylation sites is 1.